The van der Waals surface area contributed by atoms with E-state index in [-0.39, 0.29) is 5.41 Å². The Labute approximate surface area is 132 Å². The Balaban J connectivity index is 1.89. The number of nitrogens with one attached hydrogen (secondary N) is 1. The Morgan fingerprint density at radius 1 is 1.22 bits per heavy atom. The average Bonchev–Trinajstić information content (AvgIpc) is 3.09. The normalized spacial score (nSPS) is 26.0. The van der Waals surface area contributed by atoms with Crippen LogP contribution in [0.15, 0.2) is 29.2 Å². The number of nitrogens with zero attached hydrogens (tertiary/aromatic N) is 1. The fourth-order valence-corrected chi connectivity index (χ4v) is 4.92. The minimum absolute atomic E-state index is 0.104. The first-order chi connectivity index (χ1) is 10.7. The monoisotopic (exact) mass is 350 g/mol. The van der Waals surface area contributed by atoms with Gasteiger partial charge in [-0.05, 0) is 36.9 Å². The van der Waals surface area contributed by atoms with Gasteiger partial charge >= 0.3 is 6.36 Å². The molecule has 1 N–H and O–H groups in total. The number of halogens is 3. The molecule has 2 aliphatic heterocycles. The maximum absolute atomic E-state index is 12.7. The summed E-state index contributed by atoms with van der Waals surface area (Å²) >= 11 is 0. The van der Waals surface area contributed by atoms with Crippen molar-refractivity contribution in [2.45, 2.75) is 24.1 Å². The minimum Gasteiger partial charge on any atom is -0.404 e. The fourth-order valence-electron chi connectivity index (χ4n) is 3.25. The first-order valence-electron chi connectivity index (χ1n) is 7.28. The molecule has 0 saturated carbocycles. The number of benzene rings is 1. The van der Waals surface area contributed by atoms with Crippen LogP contribution in [0.3, 0.4) is 0 Å². The molecule has 2 aliphatic rings. The van der Waals surface area contributed by atoms with Gasteiger partial charge in [-0.2, -0.15) is 4.31 Å². The average molecular weight is 350 g/mol. The van der Waals surface area contributed by atoms with Crippen molar-refractivity contribution < 1.29 is 26.3 Å². The number of alkyl halides is 3. The van der Waals surface area contributed by atoms with E-state index in [0.29, 0.717) is 19.5 Å². The second-order valence-electron chi connectivity index (χ2n) is 6.01. The lowest BCUT2D eigenvalue weighted by Gasteiger charge is -2.23. The van der Waals surface area contributed by atoms with Crippen molar-refractivity contribution in [3.63, 3.8) is 0 Å². The van der Waals surface area contributed by atoms with Gasteiger partial charge in [-0.1, -0.05) is 12.1 Å². The largest absolute Gasteiger partial charge is 0.573 e. The Bertz CT molecular complexity index is 685. The summed E-state index contributed by atoms with van der Waals surface area (Å²) in [4.78, 5) is -0.444. The summed E-state index contributed by atoms with van der Waals surface area (Å²) in [6.07, 6.45) is -3.35. The van der Waals surface area contributed by atoms with Crippen molar-refractivity contribution >= 4 is 10.0 Å². The molecule has 1 aromatic rings. The SMILES string of the molecule is O=S(=O)(c1ccccc1OC(F)(F)F)N1CCC2(CCNC2)C1. The van der Waals surface area contributed by atoms with Gasteiger partial charge < -0.3 is 10.1 Å². The topological polar surface area (TPSA) is 58.6 Å². The highest BCUT2D eigenvalue weighted by Gasteiger charge is 2.45. The molecule has 0 radical (unpaired) electrons. The van der Waals surface area contributed by atoms with Crippen LogP contribution in [0.4, 0.5) is 13.2 Å². The molecule has 23 heavy (non-hydrogen) atoms. The zero-order valence-electron chi connectivity index (χ0n) is 12.3. The maximum Gasteiger partial charge on any atom is 0.573 e. The fraction of sp³-hybridized carbons (Fsp3) is 0.571. The van der Waals surface area contributed by atoms with Crippen LogP contribution in [0.5, 0.6) is 5.75 Å². The molecular weight excluding hydrogens is 333 g/mol. The highest BCUT2D eigenvalue weighted by atomic mass is 32.2. The summed E-state index contributed by atoms with van der Waals surface area (Å²) in [6.45, 7) is 2.20. The van der Waals surface area contributed by atoms with Gasteiger partial charge in [0.1, 0.15) is 10.6 Å². The summed E-state index contributed by atoms with van der Waals surface area (Å²) in [6, 6.07) is 4.86. The molecule has 0 aliphatic carbocycles. The van der Waals surface area contributed by atoms with Crippen molar-refractivity contribution in [2.24, 2.45) is 5.41 Å². The van der Waals surface area contributed by atoms with Gasteiger partial charge in [0.25, 0.3) is 0 Å². The van der Waals surface area contributed by atoms with E-state index in [1.54, 1.807) is 0 Å². The molecule has 1 atom stereocenters. The van der Waals surface area contributed by atoms with E-state index in [1.165, 1.54) is 16.4 Å². The van der Waals surface area contributed by atoms with Crippen LogP contribution < -0.4 is 10.1 Å². The van der Waals surface area contributed by atoms with Crippen LogP contribution in [0.2, 0.25) is 0 Å². The number of ether oxygens (including phenoxy) is 1. The third kappa shape index (κ3) is 3.31. The summed E-state index contributed by atoms with van der Waals surface area (Å²) < 4.78 is 68.1. The van der Waals surface area contributed by atoms with Crippen molar-refractivity contribution in [3.05, 3.63) is 24.3 Å². The number of sulfonamides is 1. The summed E-state index contributed by atoms with van der Waals surface area (Å²) in [5.41, 5.74) is -0.104. The zero-order chi connectivity index (χ0) is 16.7. The molecule has 0 bridgehead atoms. The lowest BCUT2D eigenvalue weighted by Crippen LogP contribution is -2.33. The van der Waals surface area contributed by atoms with Crippen molar-refractivity contribution in [3.8, 4) is 5.75 Å². The number of rotatable bonds is 3. The maximum atomic E-state index is 12.7. The quantitative estimate of drug-likeness (QED) is 0.905. The first-order valence-corrected chi connectivity index (χ1v) is 8.72. The van der Waals surface area contributed by atoms with Crippen LogP contribution in [-0.4, -0.2) is 45.3 Å². The van der Waals surface area contributed by atoms with Gasteiger partial charge in [-0.3, -0.25) is 0 Å². The van der Waals surface area contributed by atoms with Crippen molar-refractivity contribution in [1.29, 1.82) is 0 Å². The standard InChI is InChI=1S/C14H17F3N2O3S/c15-14(16,17)22-11-3-1-2-4-12(11)23(20,21)19-8-6-13(10-19)5-7-18-9-13/h1-4,18H,5-10H2. The van der Waals surface area contributed by atoms with Crippen LogP contribution in [0, 0.1) is 5.41 Å². The van der Waals surface area contributed by atoms with Crippen LogP contribution in [0.25, 0.3) is 0 Å². The smallest absolute Gasteiger partial charge is 0.404 e. The second kappa shape index (κ2) is 5.64. The predicted octanol–water partition coefficient (Wildman–Crippen LogP) is 1.96. The lowest BCUT2D eigenvalue weighted by molar-refractivity contribution is -0.275. The van der Waals surface area contributed by atoms with E-state index in [2.05, 4.69) is 10.1 Å². The second-order valence-corrected chi connectivity index (χ2v) is 7.92. The molecule has 1 aromatic carbocycles. The molecule has 9 heteroatoms. The zero-order valence-corrected chi connectivity index (χ0v) is 13.1. The molecule has 0 amide bonds. The van der Waals surface area contributed by atoms with Crippen molar-refractivity contribution in [1.82, 2.24) is 9.62 Å². The van der Waals surface area contributed by atoms with E-state index in [1.807, 2.05) is 0 Å². The molecule has 2 heterocycles. The van der Waals surface area contributed by atoms with E-state index < -0.39 is 27.0 Å². The number of hydrogen-bond donors (Lipinski definition) is 1. The van der Waals surface area contributed by atoms with E-state index >= 15 is 0 Å². The van der Waals surface area contributed by atoms with Gasteiger partial charge in [0.15, 0.2) is 0 Å². The molecule has 128 valence electrons. The Morgan fingerprint density at radius 2 is 1.96 bits per heavy atom. The molecule has 0 aromatic heterocycles. The molecule has 5 nitrogen and oxygen atoms in total. The third-order valence-electron chi connectivity index (χ3n) is 4.43. The summed E-state index contributed by atoms with van der Waals surface area (Å²) in [7, 11) is -4.02. The van der Waals surface area contributed by atoms with Crippen LogP contribution >= 0.6 is 0 Å². The van der Waals surface area contributed by atoms with Crippen LogP contribution in [-0.2, 0) is 10.0 Å². The van der Waals surface area contributed by atoms with Crippen molar-refractivity contribution in [2.75, 3.05) is 26.2 Å². The number of para-hydroxylation sites is 1. The molecule has 3 rings (SSSR count). The first kappa shape index (κ1) is 16.5. The molecule has 1 spiro atoms. The molecule has 2 saturated heterocycles. The van der Waals surface area contributed by atoms with E-state index in [0.717, 1.165) is 31.6 Å². The molecule has 2 fully saturated rings. The summed E-state index contributed by atoms with van der Waals surface area (Å²) in [5.74, 6) is -0.689. The van der Waals surface area contributed by atoms with E-state index in [9.17, 15) is 21.6 Å². The summed E-state index contributed by atoms with van der Waals surface area (Å²) in [5, 5.41) is 3.21. The van der Waals surface area contributed by atoms with Gasteiger partial charge in [0.2, 0.25) is 10.0 Å². The third-order valence-corrected chi connectivity index (χ3v) is 6.31. The highest BCUT2D eigenvalue weighted by molar-refractivity contribution is 7.89. The molecular formula is C14H17F3N2O3S. The Hall–Kier alpha value is -1.32. The van der Waals surface area contributed by atoms with Gasteiger partial charge in [-0.25, -0.2) is 8.42 Å². The van der Waals surface area contributed by atoms with Gasteiger partial charge in [-0.15, -0.1) is 13.2 Å². The predicted molar refractivity (Wildman–Crippen MR) is 76.4 cm³/mol. The Kier molecular flexibility index (Phi) is 4.06. The molecule has 1 unspecified atom stereocenters. The Morgan fingerprint density at radius 3 is 2.61 bits per heavy atom. The minimum atomic E-state index is -4.94. The lowest BCUT2D eigenvalue weighted by atomic mass is 9.87. The van der Waals surface area contributed by atoms with E-state index in [4.69, 9.17) is 0 Å². The van der Waals surface area contributed by atoms with Crippen LogP contribution in [0.1, 0.15) is 12.8 Å². The number of hydrogen-bond acceptors (Lipinski definition) is 4. The van der Waals surface area contributed by atoms with Gasteiger partial charge in [0, 0.05) is 19.6 Å². The van der Waals surface area contributed by atoms with Gasteiger partial charge in [0.05, 0.1) is 0 Å². The highest BCUT2D eigenvalue weighted by Crippen LogP contribution is 2.40.